The molecule has 1 atom stereocenters. The zero-order chi connectivity index (χ0) is 18.6. The molecule has 2 aliphatic rings. The minimum Gasteiger partial charge on any atom is -0.338 e. The van der Waals surface area contributed by atoms with Gasteiger partial charge >= 0.3 is 0 Å². The number of carbonyl (C=O) groups is 1. The lowest BCUT2D eigenvalue weighted by atomic mass is 10.0. The van der Waals surface area contributed by atoms with Gasteiger partial charge in [0.2, 0.25) is 5.91 Å². The normalized spacial score (nSPS) is 19.6. The van der Waals surface area contributed by atoms with Crippen molar-refractivity contribution in [3.05, 3.63) is 58.9 Å². The molecule has 1 amide bonds. The van der Waals surface area contributed by atoms with Gasteiger partial charge in [-0.3, -0.25) is 4.79 Å². The van der Waals surface area contributed by atoms with E-state index in [0.29, 0.717) is 31.5 Å². The molecule has 3 heterocycles. The van der Waals surface area contributed by atoms with Crippen molar-refractivity contribution in [2.45, 2.75) is 51.1 Å². The number of piperidine rings is 1. The van der Waals surface area contributed by atoms with Crippen molar-refractivity contribution in [1.29, 1.82) is 0 Å². The Morgan fingerprint density at radius 2 is 2.19 bits per heavy atom. The molecule has 1 aromatic carbocycles. The summed E-state index contributed by atoms with van der Waals surface area (Å²) < 4.78 is 13.7. The van der Waals surface area contributed by atoms with Gasteiger partial charge in [0.25, 0.3) is 0 Å². The second kappa shape index (κ2) is 8.13. The van der Waals surface area contributed by atoms with Gasteiger partial charge in [0, 0.05) is 37.7 Å². The molecular weight excluding hydrogens is 343 g/mol. The van der Waals surface area contributed by atoms with Gasteiger partial charge in [0.1, 0.15) is 11.6 Å². The van der Waals surface area contributed by atoms with Crippen LogP contribution < -0.4 is 5.32 Å². The summed E-state index contributed by atoms with van der Waals surface area (Å²) in [5, 5.41) is 3.49. The molecule has 1 fully saturated rings. The summed E-state index contributed by atoms with van der Waals surface area (Å²) in [5.74, 6) is 0.696. The van der Waals surface area contributed by atoms with Gasteiger partial charge in [-0.1, -0.05) is 24.6 Å². The molecule has 2 aliphatic heterocycles. The lowest BCUT2D eigenvalue weighted by Gasteiger charge is -2.29. The summed E-state index contributed by atoms with van der Waals surface area (Å²) in [4.78, 5) is 23.7. The summed E-state index contributed by atoms with van der Waals surface area (Å²) in [7, 11) is 0. The smallest absolute Gasteiger partial charge is 0.223 e. The highest BCUT2D eigenvalue weighted by molar-refractivity contribution is 5.76. The number of fused-ring (bicyclic) bond motifs is 1. The van der Waals surface area contributed by atoms with Crippen LogP contribution in [0, 0.1) is 5.82 Å². The number of hydrogen-bond acceptors (Lipinski definition) is 4. The SMILES string of the molecule is O=C(CCc1ccccc1F)N1CCc2nc([C@@H]3CCCCN3)ncc2C1. The van der Waals surface area contributed by atoms with E-state index in [1.165, 1.54) is 18.9 Å². The van der Waals surface area contributed by atoms with Crippen molar-refractivity contribution in [1.82, 2.24) is 20.2 Å². The quantitative estimate of drug-likeness (QED) is 0.901. The maximum Gasteiger partial charge on any atom is 0.223 e. The number of nitrogens with one attached hydrogen (secondary N) is 1. The van der Waals surface area contributed by atoms with Gasteiger partial charge in [-0.25, -0.2) is 14.4 Å². The van der Waals surface area contributed by atoms with Crippen molar-refractivity contribution in [3.8, 4) is 0 Å². The van der Waals surface area contributed by atoms with Gasteiger partial charge in [-0.15, -0.1) is 0 Å². The Labute approximate surface area is 159 Å². The highest BCUT2D eigenvalue weighted by Gasteiger charge is 2.24. The summed E-state index contributed by atoms with van der Waals surface area (Å²) >= 11 is 0. The first kappa shape index (κ1) is 18.0. The molecule has 0 radical (unpaired) electrons. The fourth-order valence-corrected chi connectivity index (χ4v) is 3.89. The fourth-order valence-electron chi connectivity index (χ4n) is 3.89. The van der Waals surface area contributed by atoms with Crippen LogP contribution in [-0.4, -0.2) is 33.9 Å². The average Bonchev–Trinajstić information content (AvgIpc) is 2.73. The predicted molar refractivity (Wildman–Crippen MR) is 100 cm³/mol. The Balaban J connectivity index is 1.37. The molecule has 1 aromatic heterocycles. The third-order valence-electron chi connectivity index (χ3n) is 5.49. The van der Waals surface area contributed by atoms with E-state index in [4.69, 9.17) is 4.98 Å². The number of aromatic nitrogens is 2. The Morgan fingerprint density at radius 3 is 3.00 bits per heavy atom. The molecule has 2 aromatic rings. The highest BCUT2D eigenvalue weighted by Crippen LogP contribution is 2.23. The van der Waals surface area contributed by atoms with E-state index in [1.54, 1.807) is 18.2 Å². The fraction of sp³-hybridized carbons (Fsp3) is 0.476. The van der Waals surface area contributed by atoms with Crippen molar-refractivity contribution in [2.75, 3.05) is 13.1 Å². The van der Waals surface area contributed by atoms with Crippen molar-refractivity contribution in [2.24, 2.45) is 0 Å². The van der Waals surface area contributed by atoms with Crippen LogP contribution in [0.3, 0.4) is 0 Å². The lowest BCUT2D eigenvalue weighted by Crippen LogP contribution is -2.37. The van der Waals surface area contributed by atoms with E-state index in [0.717, 1.165) is 36.5 Å². The van der Waals surface area contributed by atoms with Crippen LogP contribution >= 0.6 is 0 Å². The molecule has 142 valence electrons. The molecule has 1 N–H and O–H groups in total. The molecule has 0 bridgehead atoms. The van der Waals surface area contributed by atoms with Crippen LogP contribution in [0.1, 0.15) is 54.4 Å². The Hall–Kier alpha value is -2.34. The molecule has 6 heteroatoms. The minimum absolute atomic E-state index is 0.0573. The Kier molecular flexibility index (Phi) is 5.43. The van der Waals surface area contributed by atoms with Crippen molar-refractivity contribution in [3.63, 3.8) is 0 Å². The van der Waals surface area contributed by atoms with Crippen LogP contribution in [0.4, 0.5) is 4.39 Å². The molecule has 0 unspecified atom stereocenters. The van der Waals surface area contributed by atoms with Crippen LogP contribution in [-0.2, 0) is 24.2 Å². The molecule has 1 saturated heterocycles. The predicted octanol–water partition coefficient (Wildman–Crippen LogP) is 2.95. The van der Waals surface area contributed by atoms with Crippen LogP contribution in [0.25, 0.3) is 0 Å². The number of carbonyl (C=O) groups excluding carboxylic acids is 1. The standard InChI is InChI=1S/C21H25FN4O/c22-17-6-2-1-5-15(17)8-9-20(27)26-12-10-18-16(14-26)13-24-21(25-18)19-7-3-4-11-23-19/h1-2,5-6,13,19,23H,3-4,7-12,14H2/t19-/m0/s1. The van der Waals surface area contributed by atoms with Crippen LogP contribution in [0.15, 0.2) is 30.5 Å². The molecule has 5 nitrogen and oxygen atoms in total. The summed E-state index contributed by atoms with van der Waals surface area (Å²) in [6.45, 7) is 2.23. The highest BCUT2D eigenvalue weighted by atomic mass is 19.1. The second-order valence-corrected chi connectivity index (χ2v) is 7.36. The zero-order valence-corrected chi connectivity index (χ0v) is 15.5. The van der Waals surface area contributed by atoms with E-state index in [2.05, 4.69) is 10.3 Å². The van der Waals surface area contributed by atoms with Crippen molar-refractivity contribution >= 4 is 5.91 Å². The number of benzene rings is 1. The first-order chi connectivity index (χ1) is 13.2. The number of aryl methyl sites for hydroxylation is 1. The monoisotopic (exact) mass is 368 g/mol. The molecule has 0 spiro atoms. The maximum atomic E-state index is 13.7. The summed E-state index contributed by atoms with van der Waals surface area (Å²) in [6, 6.07) is 6.90. The van der Waals surface area contributed by atoms with Crippen molar-refractivity contribution < 1.29 is 9.18 Å². The molecule has 4 rings (SSSR count). The van der Waals surface area contributed by atoms with Crippen LogP contribution in [0.5, 0.6) is 0 Å². The first-order valence-electron chi connectivity index (χ1n) is 9.80. The van der Waals surface area contributed by atoms with E-state index >= 15 is 0 Å². The van der Waals surface area contributed by atoms with Gasteiger partial charge < -0.3 is 10.2 Å². The maximum absolute atomic E-state index is 13.7. The zero-order valence-electron chi connectivity index (χ0n) is 15.5. The van der Waals surface area contributed by atoms with E-state index in [9.17, 15) is 9.18 Å². The van der Waals surface area contributed by atoms with Gasteiger partial charge in [-0.2, -0.15) is 0 Å². The van der Waals surface area contributed by atoms with Gasteiger partial charge in [-0.05, 0) is 37.4 Å². The third-order valence-corrected chi connectivity index (χ3v) is 5.49. The molecule has 0 aliphatic carbocycles. The third kappa shape index (κ3) is 4.16. The topological polar surface area (TPSA) is 58.1 Å². The van der Waals surface area contributed by atoms with Gasteiger partial charge in [0.15, 0.2) is 0 Å². The summed E-state index contributed by atoms with van der Waals surface area (Å²) in [5.41, 5.74) is 2.68. The van der Waals surface area contributed by atoms with Gasteiger partial charge in [0.05, 0.1) is 11.7 Å². The summed E-state index contributed by atoms with van der Waals surface area (Å²) in [6.07, 6.45) is 6.89. The van der Waals surface area contributed by atoms with E-state index in [1.807, 2.05) is 11.1 Å². The molecule has 0 saturated carbocycles. The number of amides is 1. The number of hydrogen-bond donors (Lipinski definition) is 1. The largest absolute Gasteiger partial charge is 0.338 e. The lowest BCUT2D eigenvalue weighted by molar-refractivity contribution is -0.132. The number of rotatable bonds is 4. The Morgan fingerprint density at radius 1 is 1.30 bits per heavy atom. The number of halogens is 1. The molecule has 27 heavy (non-hydrogen) atoms. The number of nitrogens with zero attached hydrogens (tertiary/aromatic N) is 3. The molecular formula is C21H25FN4O. The second-order valence-electron chi connectivity index (χ2n) is 7.36. The first-order valence-corrected chi connectivity index (χ1v) is 9.80. The van der Waals surface area contributed by atoms with Crippen LogP contribution in [0.2, 0.25) is 0 Å². The average molecular weight is 368 g/mol. The minimum atomic E-state index is -0.244. The van der Waals surface area contributed by atoms with E-state index in [-0.39, 0.29) is 17.8 Å². The van der Waals surface area contributed by atoms with E-state index < -0.39 is 0 Å². The Bertz CT molecular complexity index is 820.